The topological polar surface area (TPSA) is 62.6 Å². The van der Waals surface area contributed by atoms with Crippen LogP contribution in [0.2, 0.25) is 0 Å². The number of hydrogen-bond donors (Lipinski definition) is 2. The molecule has 2 rings (SSSR count). The number of nitrogens with one attached hydrogen (secondary N) is 1. The van der Waals surface area contributed by atoms with Crippen LogP contribution in [0.5, 0.6) is 0 Å². The Balaban J connectivity index is 1.59. The smallest absolute Gasteiger partial charge is 0.0860 e. The molecule has 1 fully saturated rings. The van der Waals surface area contributed by atoms with Gasteiger partial charge in [0.1, 0.15) is 0 Å². The number of aliphatic hydroxyl groups excluding tert-OH is 1. The number of rotatable bonds is 6. The van der Waals surface area contributed by atoms with Crippen molar-refractivity contribution in [2.45, 2.75) is 18.8 Å². The molecule has 1 aliphatic rings. The Bertz CT molecular complexity index is 331. The molecule has 0 aliphatic carbocycles. The Morgan fingerprint density at radius 3 is 3.22 bits per heavy atom. The highest BCUT2D eigenvalue weighted by molar-refractivity contribution is 4.79. The molecule has 0 amide bonds. The summed E-state index contributed by atoms with van der Waals surface area (Å²) in [7, 11) is 2.10. The summed E-state index contributed by atoms with van der Waals surface area (Å²) in [6, 6.07) is 1.85. The highest BCUT2D eigenvalue weighted by Gasteiger charge is 2.17. The second-order valence-electron chi connectivity index (χ2n) is 4.80. The van der Waals surface area contributed by atoms with E-state index in [9.17, 15) is 5.11 Å². The Morgan fingerprint density at radius 2 is 2.50 bits per heavy atom. The van der Waals surface area contributed by atoms with E-state index in [0.717, 1.165) is 26.2 Å². The summed E-state index contributed by atoms with van der Waals surface area (Å²) in [4.78, 5) is 2.26. The van der Waals surface area contributed by atoms with E-state index >= 15 is 0 Å². The zero-order chi connectivity index (χ0) is 12.8. The van der Waals surface area contributed by atoms with Gasteiger partial charge in [0.2, 0.25) is 0 Å². The Labute approximate surface area is 108 Å². The summed E-state index contributed by atoms with van der Waals surface area (Å²) in [5, 5.41) is 17.1. The molecule has 1 aromatic heterocycles. The summed E-state index contributed by atoms with van der Waals surface area (Å²) in [5.74, 6) is 0. The largest absolute Gasteiger partial charge is 0.390 e. The molecule has 6 nitrogen and oxygen atoms in total. The summed E-state index contributed by atoms with van der Waals surface area (Å²) >= 11 is 0. The lowest BCUT2D eigenvalue weighted by molar-refractivity contribution is -0.0192. The number of nitrogens with zero attached hydrogens (tertiary/aromatic N) is 3. The van der Waals surface area contributed by atoms with Crippen LogP contribution in [0.3, 0.4) is 0 Å². The lowest BCUT2D eigenvalue weighted by Gasteiger charge is -2.30. The lowest BCUT2D eigenvalue weighted by atomic mass is 10.2. The molecule has 0 radical (unpaired) electrons. The van der Waals surface area contributed by atoms with Gasteiger partial charge in [-0.1, -0.05) is 0 Å². The maximum absolute atomic E-state index is 9.83. The third-order valence-corrected chi connectivity index (χ3v) is 3.05. The van der Waals surface area contributed by atoms with E-state index in [0.29, 0.717) is 13.1 Å². The van der Waals surface area contributed by atoms with Crippen molar-refractivity contribution in [3.05, 3.63) is 18.5 Å². The van der Waals surface area contributed by atoms with E-state index < -0.39 is 6.10 Å². The van der Waals surface area contributed by atoms with Crippen LogP contribution in [0.1, 0.15) is 0 Å². The summed E-state index contributed by atoms with van der Waals surface area (Å²) in [5.41, 5.74) is 0. The third kappa shape index (κ3) is 4.38. The van der Waals surface area contributed by atoms with Crippen LogP contribution < -0.4 is 5.32 Å². The van der Waals surface area contributed by atoms with Gasteiger partial charge in [-0.2, -0.15) is 5.10 Å². The molecule has 0 spiro atoms. The van der Waals surface area contributed by atoms with Gasteiger partial charge in [-0.15, -0.1) is 0 Å². The van der Waals surface area contributed by atoms with Crippen LogP contribution in [0, 0.1) is 0 Å². The highest BCUT2D eigenvalue weighted by atomic mass is 16.5. The van der Waals surface area contributed by atoms with Crippen LogP contribution >= 0.6 is 0 Å². The fourth-order valence-corrected chi connectivity index (χ4v) is 2.09. The SMILES string of the molecule is CN1CCO[C@H](CNC[C@@H](O)Cn2cccn2)C1. The van der Waals surface area contributed by atoms with Gasteiger partial charge in [-0.05, 0) is 13.1 Å². The van der Waals surface area contributed by atoms with Crippen LogP contribution in [-0.4, -0.2) is 71.8 Å². The normalized spacial score (nSPS) is 23.1. The Kier molecular flexibility index (Phi) is 5.12. The molecule has 6 heteroatoms. The fraction of sp³-hybridized carbons (Fsp3) is 0.750. The first-order chi connectivity index (χ1) is 8.74. The van der Waals surface area contributed by atoms with Crippen molar-refractivity contribution in [3.8, 4) is 0 Å². The third-order valence-electron chi connectivity index (χ3n) is 3.05. The molecule has 1 aliphatic heterocycles. The fourth-order valence-electron chi connectivity index (χ4n) is 2.09. The average molecular weight is 254 g/mol. The van der Waals surface area contributed by atoms with E-state index in [1.54, 1.807) is 10.9 Å². The van der Waals surface area contributed by atoms with Crippen molar-refractivity contribution in [1.29, 1.82) is 0 Å². The van der Waals surface area contributed by atoms with Crippen molar-refractivity contribution in [2.24, 2.45) is 0 Å². The molecule has 0 unspecified atom stereocenters. The molecule has 2 N–H and O–H groups in total. The van der Waals surface area contributed by atoms with Gasteiger partial charge in [0.05, 0.1) is 25.4 Å². The van der Waals surface area contributed by atoms with Crippen molar-refractivity contribution >= 4 is 0 Å². The minimum atomic E-state index is -0.425. The van der Waals surface area contributed by atoms with Crippen LogP contribution in [0.25, 0.3) is 0 Å². The zero-order valence-electron chi connectivity index (χ0n) is 10.8. The van der Waals surface area contributed by atoms with Crippen LogP contribution in [-0.2, 0) is 11.3 Å². The molecule has 2 heterocycles. The minimum absolute atomic E-state index is 0.223. The van der Waals surface area contributed by atoms with Crippen molar-refractivity contribution in [3.63, 3.8) is 0 Å². The van der Waals surface area contributed by atoms with Gasteiger partial charge < -0.3 is 20.1 Å². The maximum Gasteiger partial charge on any atom is 0.0860 e. The standard InChI is InChI=1S/C12H22N4O2/c1-15-5-6-18-12(10-15)8-13-7-11(17)9-16-4-2-3-14-16/h2-4,11-13,17H,5-10H2,1H3/t11-,12-/m1/s1. The molecule has 18 heavy (non-hydrogen) atoms. The minimum Gasteiger partial charge on any atom is -0.390 e. The summed E-state index contributed by atoms with van der Waals surface area (Å²) in [6.45, 7) is 4.59. The molecule has 1 saturated heterocycles. The number of ether oxygens (including phenoxy) is 1. The van der Waals surface area contributed by atoms with E-state index in [1.165, 1.54) is 0 Å². The molecular weight excluding hydrogens is 232 g/mol. The van der Waals surface area contributed by atoms with Crippen molar-refractivity contribution < 1.29 is 9.84 Å². The molecule has 0 saturated carbocycles. The number of aromatic nitrogens is 2. The van der Waals surface area contributed by atoms with Gasteiger partial charge >= 0.3 is 0 Å². The number of likely N-dealkylation sites (N-methyl/N-ethyl adjacent to an activating group) is 1. The van der Waals surface area contributed by atoms with E-state index in [-0.39, 0.29) is 6.10 Å². The number of morpholine rings is 1. The van der Waals surface area contributed by atoms with Crippen LogP contribution in [0.15, 0.2) is 18.5 Å². The predicted molar refractivity (Wildman–Crippen MR) is 68.3 cm³/mol. The molecular formula is C12H22N4O2. The molecule has 102 valence electrons. The molecule has 0 bridgehead atoms. The van der Waals surface area contributed by atoms with E-state index in [2.05, 4.69) is 22.4 Å². The van der Waals surface area contributed by atoms with Gasteiger partial charge in [0.25, 0.3) is 0 Å². The highest BCUT2D eigenvalue weighted by Crippen LogP contribution is 2.01. The molecule has 2 atom stereocenters. The quantitative estimate of drug-likeness (QED) is 0.693. The monoisotopic (exact) mass is 254 g/mol. The first kappa shape index (κ1) is 13.5. The van der Waals surface area contributed by atoms with Crippen molar-refractivity contribution in [1.82, 2.24) is 20.0 Å². The van der Waals surface area contributed by atoms with Crippen LogP contribution in [0.4, 0.5) is 0 Å². The average Bonchev–Trinajstić information content (AvgIpc) is 2.82. The van der Waals surface area contributed by atoms with Crippen molar-refractivity contribution in [2.75, 3.05) is 39.8 Å². The second-order valence-corrected chi connectivity index (χ2v) is 4.80. The summed E-state index contributed by atoms with van der Waals surface area (Å²) in [6.07, 6.45) is 3.36. The van der Waals surface area contributed by atoms with E-state index in [4.69, 9.17) is 4.74 Å². The zero-order valence-corrected chi connectivity index (χ0v) is 10.8. The van der Waals surface area contributed by atoms with E-state index in [1.807, 2.05) is 12.3 Å². The summed E-state index contributed by atoms with van der Waals surface area (Å²) < 4.78 is 7.37. The van der Waals surface area contributed by atoms with Gasteiger partial charge in [0, 0.05) is 38.6 Å². The Morgan fingerprint density at radius 1 is 1.61 bits per heavy atom. The molecule has 1 aromatic rings. The number of aliphatic hydroxyl groups is 1. The Hall–Kier alpha value is -0.950. The maximum atomic E-state index is 9.83. The first-order valence-corrected chi connectivity index (χ1v) is 6.40. The second kappa shape index (κ2) is 6.84. The van der Waals surface area contributed by atoms with Gasteiger partial charge in [-0.3, -0.25) is 4.68 Å². The lowest BCUT2D eigenvalue weighted by Crippen LogP contribution is -2.46. The van der Waals surface area contributed by atoms with Gasteiger partial charge in [-0.25, -0.2) is 0 Å². The van der Waals surface area contributed by atoms with Gasteiger partial charge in [0.15, 0.2) is 0 Å². The number of hydrogen-bond acceptors (Lipinski definition) is 5. The predicted octanol–water partition coefficient (Wildman–Crippen LogP) is -0.836. The molecule has 0 aromatic carbocycles. The first-order valence-electron chi connectivity index (χ1n) is 6.40.